The zero-order valence-corrected chi connectivity index (χ0v) is 14.3. The highest BCUT2D eigenvalue weighted by Crippen LogP contribution is 2.30. The first-order valence-electron chi connectivity index (χ1n) is 7.57. The molecule has 0 spiro atoms. The van der Waals surface area contributed by atoms with Gasteiger partial charge < -0.3 is 9.32 Å². The van der Waals surface area contributed by atoms with E-state index in [0.717, 1.165) is 17.9 Å². The molecular formula is C20H22ClNO. The molecule has 2 aromatic carbocycles. The molecule has 23 heavy (non-hydrogen) atoms. The van der Waals surface area contributed by atoms with Crippen molar-refractivity contribution in [3.05, 3.63) is 84.1 Å². The van der Waals surface area contributed by atoms with Gasteiger partial charge in [-0.25, -0.2) is 0 Å². The van der Waals surface area contributed by atoms with Gasteiger partial charge in [0.05, 0.1) is 6.26 Å². The van der Waals surface area contributed by atoms with Crippen LogP contribution in [-0.2, 0) is 0 Å². The summed E-state index contributed by atoms with van der Waals surface area (Å²) in [4.78, 5) is 2.22. The summed E-state index contributed by atoms with van der Waals surface area (Å²) in [6, 6.07) is 23.0. The van der Waals surface area contributed by atoms with E-state index in [1.807, 2.05) is 24.5 Å². The first-order chi connectivity index (χ1) is 10.7. The molecule has 0 radical (unpaired) electrons. The Kier molecular flexibility index (Phi) is 6.03. The summed E-state index contributed by atoms with van der Waals surface area (Å²) in [7, 11) is 4.21. The van der Waals surface area contributed by atoms with E-state index in [1.165, 1.54) is 11.1 Å². The average molecular weight is 328 g/mol. The lowest BCUT2D eigenvalue weighted by Gasteiger charge is -2.20. The van der Waals surface area contributed by atoms with Crippen molar-refractivity contribution in [3.63, 3.8) is 0 Å². The highest BCUT2D eigenvalue weighted by atomic mass is 35.5. The zero-order chi connectivity index (χ0) is 15.4. The molecule has 0 aliphatic heterocycles. The molecule has 2 nitrogen and oxygen atoms in total. The summed E-state index contributed by atoms with van der Waals surface area (Å²) in [5.41, 5.74) is 3.65. The molecule has 0 fully saturated rings. The van der Waals surface area contributed by atoms with E-state index in [1.54, 1.807) is 0 Å². The van der Waals surface area contributed by atoms with E-state index in [4.69, 9.17) is 4.42 Å². The third-order valence-electron chi connectivity index (χ3n) is 3.83. The van der Waals surface area contributed by atoms with Gasteiger partial charge in [0.2, 0.25) is 0 Å². The number of rotatable bonds is 5. The van der Waals surface area contributed by atoms with Crippen LogP contribution in [0.25, 0.3) is 11.3 Å². The maximum absolute atomic E-state index is 5.82. The van der Waals surface area contributed by atoms with Gasteiger partial charge >= 0.3 is 0 Å². The molecule has 120 valence electrons. The first kappa shape index (κ1) is 17.3. The Morgan fingerprint density at radius 1 is 0.870 bits per heavy atom. The Morgan fingerprint density at radius 2 is 1.48 bits per heavy atom. The van der Waals surface area contributed by atoms with Gasteiger partial charge in [0, 0.05) is 18.0 Å². The van der Waals surface area contributed by atoms with E-state index in [2.05, 4.69) is 67.5 Å². The second kappa shape index (κ2) is 8.00. The van der Waals surface area contributed by atoms with Crippen LogP contribution in [0.2, 0.25) is 0 Å². The summed E-state index contributed by atoms with van der Waals surface area (Å²) in [6.07, 6.45) is 1.89. The van der Waals surface area contributed by atoms with Gasteiger partial charge in [-0.2, -0.15) is 0 Å². The van der Waals surface area contributed by atoms with Crippen molar-refractivity contribution < 1.29 is 4.42 Å². The molecule has 0 aliphatic rings. The predicted octanol–water partition coefficient (Wildman–Crippen LogP) is 5.06. The number of halogens is 1. The number of likely N-dealkylation sites (N-methyl/N-ethyl adjacent to an activating group) is 1. The SMILES string of the molecule is CN(C)CC(c1ccccc1)c1coc(-c2ccccc2)c1.Cl. The van der Waals surface area contributed by atoms with Crippen molar-refractivity contribution in [1.82, 2.24) is 4.90 Å². The Labute approximate surface area is 144 Å². The summed E-state index contributed by atoms with van der Waals surface area (Å²) >= 11 is 0. The number of nitrogens with zero attached hydrogens (tertiary/aromatic N) is 1. The number of hydrogen-bond acceptors (Lipinski definition) is 2. The minimum absolute atomic E-state index is 0. The molecule has 3 aromatic rings. The lowest BCUT2D eigenvalue weighted by molar-refractivity contribution is 0.391. The molecule has 3 rings (SSSR count). The largest absolute Gasteiger partial charge is 0.464 e. The first-order valence-corrected chi connectivity index (χ1v) is 7.57. The van der Waals surface area contributed by atoms with Crippen molar-refractivity contribution in [2.24, 2.45) is 0 Å². The predicted molar refractivity (Wildman–Crippen MR) is 98.2 cm³/mol. The van der Waals surface area contributed by atoms with Crippen LogP contribution < -0.4 is 0 Å². The minimum Gasteiger partial charge on any atom is -0.464 e. The van der Waals surface area contributed by atoms with Gasteiger partial charge in [-0.1, -0.05) is 60.7 Å². The Balaban J connectivity index is 0.00000192. The normalized spacial score (nSPS) is 12.0. The summed E-state index contributed by atoms with van der Waals surface area (Å²) in [6.45, 7) is 0.956. The smallest absolute Gasteiger partial charge is 0.134 e. The van der Waals surface area contributed by atoms with Crippen molar-refractivity contribution in [2.75, 3.05) is 20.6 Å². The van der Waals surface area contributed by atoms with Gasteiger partial charge in [0.1, 0.15) is 5.76 Å². The fourth-order valence-corrected chi connectivity index (χ4v) is 2.74. The van der Waals surface area contributed by atoms with Gasteiger partial charge in [-0.05, 0) is 31.3 Å². The second-order valence-electron chi connectivity index (χ2n) is 5.84. The molecule has 0 amide bonds. The van der Waals surface area contributed by atoms with Crippen LogP contribution in [0.5, 0.6) is 0 Å². The molecule has 1 heterocycles. The van der Waals surface area contributed by atoms with Gasteiger partial charge in [0.15, 0.2) is 0 Å². The maximum Gasteiger partial charge on any atom is 0.134 e. The molecular weight excluding hydrogens is 306 g/mol. The maximum atomic E-state index is 5.82. The molecule has 1 atom stereocenters. The third kappa shape index (κ3) is 4.25. The second-order valence-corrected chi connectivity index (χ2v) is 5.84. The van der Waals surface area contributed by atoms with Crippen molar-refractivity contribution in [3.8, 4) is 11.3 Å². The lowest BCUT2D eigenvalue weighted by Crippen LogP contribution is -2.20. The third-order valence-corrected chi connectivity index (χ3v) is 3.83. The van der Waals surface area contributed by atoms with Crippen LogP contribution in [0.3, 0.4) is 0 Å². The van der Waals surface area contributed by atoms with Crippen LogP contribution in [0.4, 0.5) is 0 Å². The highest BCUT2D eigenvalue weighted by Gasteiger charge is 2.18. The van der Waals surface area contributed by atoms with E-state index < -0.39 is 0 Å². The van der Waals surface area contributed by atoms with Gasteiger partial charge in [0.25, 0.3) is 0 Å². The topological polar surface area (TPSA) is 16.4 Å². The van der Waals surface area contributed by atoms with Crippen molar-refractivity contribution in [2.45, 2.75) is 5.92 Å². The Bertz CT molecular complexity index is 707. The summed E-state index contributed by atoms with van der Waals surface area (Å²) in [5, 5.41) is 0. The molecule has 0 saturated heterocycles. The highest BCUT2D eigenvalue weighted by molar-refractivity contribution is 5.85. The number of benzene rings is 2. The van der Waals surface area contributed by atoms with E-state index in [9.17, 15) is 0 Å². The van der Waals surface area contributed by atoms with Gasteiger partial charge in [-0.3, -0.25) is 0 Å². The van der Waals surface area contributed by atoms with Gasteiger partial charge in [-0.15, -0.1) is 12.4 Å². The molecule has 1 aromatic heterocycles. The monoisotopic (exact) mass is 327 g/mol. The molecule has 1 unspecified atom stereocenters. The lowest BCUT2D eigenvalue weighted by atomic mass is 9.92. The quantitative estimate of drug-likeness (QED) is 0.651. The van der Waals surface area contributed by atoms with Crippen LogP contribution in [0.15, 0.2) is 77.4 Å². The Morgan fingerprint density at radius 3 is 2.09 bits per heavy atom. The molecule has 0 bridgehead atoms. The summed E-state index contributed by atoms with van der Waals surface area (Å²) < 4.78 is 5.82. The molecule has 0 aliphatic carbocycles. The number of furan rings is 1. The van der Waals surface area contributed by atoms with Crippen molar-refractivity contribution >= 4 is 12.4 Å². The van der Waals surface area contributed by atoms with E-state index in [0.29, 0.717) is 5.92 Å². The minimum atomic E-state index is 0. The van der Waals surface area contributed by atoms with Crippen LogP contribution in [-0.4, -0.2) is 25.5 Å². The fraction of sp³-hybridized carbons (Fsp3) is 0.200. The Hall–Kier alpha value is -2.03. The van der Waals surface area contributed by atoms with E-state index >= 15 is 0 Å². The summed E-state index contributed by atoms with van der Waals surface area (Å²) in [5.74, 6) is 1.24. The number of hydrogen-bond donors (Lipinski definition) is 0. The van der Waals surface area contributed by atoms with Crippen LogP contribution in [0, 0.1) is 0 Å². The molecule has 0 N–H and O–H groups in total. The molecule has 0 saturated carbocycles. The average Bonchev–Trinajstić information content (AvgIpc) is 3.04. The zero-order valence-electron chi connectivity index (χ0n) is 13.5. The van der Waals surface area contributed by atoms with Crippen molar-refractivity contribution in [1.29, 1.82) is 0 Å². The van der Waals surface area contributed by atoms with Crippen LogP contribution in [0.1, 0.15) is 17.0 Å². The van der Waals surface area contributed by atoms with Crippen LogP contribution >= 0.6 is 12.4 Å². The standard InChI is InChI=1S/C20H21NO.ClH/c1-21(2)14-19(16-9-5-3-6-10-16)18-13-20(22-15-18)17-11-7-4-8-12-17;/h3-13,15,19H,14H2,1-2H3;1H. The van der Waals surface area contributed by atoms with E-state index in [-0.39, 0.29) is 12.4 Å². The molecule has 3 heteroatoms. The fourth-order valence-electron chi connectivity index (χ4n) is 2.74.